The quantitative estimate of drug-likeness (QED) is 0.784. The fourth-order valence-corrected chi connectivity index (χ4v) is 2.52. The van der Waals surface area contributed by atoms with Gasteiger partial charge in [-0.2, -0.15) is 0 Å². The molecule has 0 spiro atoms. The number of hydrogen-bond acceptors (Lipinski definition) is 2. The van der Waals surface area contributed by atoms with Crippen molar-refractivity contribution in [2.45, 2.75) is 38.6 Å². The minimum atomic E-state index is 0. The van der Waals surface area contributed by atoms with E-state index in [2.05, 4.69) is 11.8 Å². The normalized spacial score (nSPS) is 37.7. The summed E-state index contributed by atoms with van der Waals surface area (Å²) in [7, 11) is 0. The van der Waals surface area contributed by atoms with Crippen LogP contribution >= 0.6 is 12.4 Å². The van der Waals surface area contributed by atoms with Crippen LogP contribution in [0.25, 0.3) is 0 Å². The number of nitrogens with two attached hydrogens (primary N) is 1. The van der Waals surface area contributed by atoms with Gasteiger partial charge >= 0.3 is 0 Å². The molecule has 1 saturated carbocycles. The van der Waals surface area contributed by atoms with Gasteiger partial charge in [0.15, 0.2) is 0 Å². The van der Waals surface area contributed by atoms with Crippen molar-refractivity contribution in [2.75, 3.05) is 19.6 Å². The molecule has 0 aromatic heterocycles. The molecule has 2 rings (SSSR count). The molecule has 2 nitrogen and oxygen atoms in total. The molecule has 14 heavy (non-hydrogen) atoms. The van der Waals surface area contributed by atoms with Crippen LogP contribution in [-0.4, -0.2) is 30.6 Å². The molecule has 0 aromatic carbocycles. The first kappa shape index (κ1) is 12.3. The fourth-order valence-electron chi connectivity index (χ4n) is 2.52. The number of rotatable bonds is 3. The van der Waals surface area contributed by atoms with E-state index in [0.717, 1.165) is 18.4 Å². The highest BCUT2D eigenvalue weighted by molar-refractivity contribution is 5.85. The van der Waals surface area contributed by atoms with Gasteiger partial charge in [-0.3, -0.25) is 4.90 Å². The molecular formula is C11H23ClN2. The maximum absolute atomic E-state index is 5.78. The Balaban J connectivity index is 0.000000980. The topological polar surface area (TPSA) is 29.3 Å². The van der Waals surface area contributed by atoms with E-state index in [4.69, 9.17) is 5.73 Å². The molecule has 3 unspecified atom stereocenters. The third kappa shape index (κ3) is 2.85. The summed E-state index contributed by atoms with van der Waals surface area (Å²) >= 11 is 0. The number of likely N-dealkylation sites (tertiary alicyclic amines) is 1. The minimum absolute atomic E-state index is 0. The van der Waals surface area contributed by atoms with E-state index in [0.29, 0.717) is 6.04 Å². The molecule has 2 fully saturated rings. The molecule has 1 aliphatic carbocycles. The lowest BCUT2D eigenvalue weighted by atomic mass is 10.0. The third-order valence-corrected chi connectivity index (χ3v) is 3.77. The first-order valence-electron chi connectivity index (χ1n) is 5.75. The highest BCUT2D eigenvalue weighted by atomic mass is 35.5. The average Bonchev–Trinajstić information content (AvgIpc) is 2.83. The van der Waals surface area contributed by atoms with Crippen molar-refractivity contribution in [1.82, 2.24) is 4.90 Å². The van der Waals surface area contributed by atoms with Crippen LogP contribution in [0.1, 0.15) is 32.6 Å². The number of halogens is 1. The number of piperidine rings is 1. The summed E-state index contributed by atoms with van der Waals surface area (Å²) in [5, 5.41) is 0. The molecule has 1 heterocycles. The predicted molar refractivity (Wildman–Crippen MR) is 62.8 cm³/mol. The summed E-state index contributed by atoms with van der Waals surface area (Å²) in [6, 6.07) is 0.696. The van der Waals surface area contributed by atoms with Crippen molar-refractivity contribution in [3.8, 4) is 0 Å². The molecule has 0 amide bonds. The molecule has 0 bridgehead atoms. The van der Waals surface area contributed by atoms with E-state index in [1.165, 1.54) is 38.8 Å². The zero-order valence-electron chi connectivity index (χ0n) is 9.11. The summed E-state index contributed by atoms with van der Waals surface area (Å²) in [4.78, 5) is 2.64. The van der Waals surface area contributed by atoms with E-state index < -0.39 is 0 Å². The summed E-state index contributed by atoms with van der Waals surface area (Å²) in [6.07, 6.45) is 5.56. The van der Waals surface area contributed by atoms with E-state index in [1.54, 1.807) is 0 Å². The van der Waals surface area contributed by atoms with Gasteiger partial charge in [0, 0.05) is 19.1 Å². The molecule has 0 radical (unpaired) electrons. The monoisotopic (exact) mass is 218 g/mol. The maximum Gasteiger partial charge on any atom is 0.0218 e. The Morgan fingerprint density at radius 1 is 1.36 bits per heavy atom. The van der Waals surface area contributed by atoms with Crippen LogP contribution in [0.2, 0.25) is 0 Å². The van der Waals surface area contributed by atoms with Crippen LogP contribution in [0.3, 0.4) is 0 Å². The Morgan fingerprint density at radius 2 is 2.07 bits per heavy atom. The Labute approximate surface area is 93.6 Å². The van der Waals surface area contributed by atoms with Gasteiger partial charge in [0.25, 0.3) is 0 Å². The van der Waals surface area contributed by atoms with Crippen molar-refractivity contribution in [3.05, 3.63) is 0 Å². The van der Waals surface area contributed by atoms with Gasteiger partial charge in [0.1, 0.15) is 0 Å². The van der Waals surface area contributed by atoms with Crippen molar-refractivity contribution in [1.29, 1.82) is 0 Å². The van der Waals surface area contributed by atoms with Gasteiger partial charge in [0.05, 0.1) is 0 Å². The Hall–Kier alpha value is 0.210. The smallest absolute Gasteiger partial charge is 0.0218 e. The Kier molecular flexibility index (Phi) is 4.68. The van der Waals surface area contributed by atoms with Crippen LogP contribution < -0.4 is 5.73 Å². The lowest BCUT2D eigenvalue weighted by molar-refractivity contribution is 0.144. The van der Waals surface area contributed by atoms with Crippen molar-refractivity contribution in [2.24, 2.45) is 17.6 Å². The van der Waals surface area contributed by atoms with E-state index >= 15 is 0 Å². The molecule has 84 valence electrons. The molecule has 3 atom stereocenters. The van der Waals surface area contributed by atoms with Crippen molar-refractivity contribution in [3.63, 3.8) is 0 Å². The van der Waals surface area contributed by atoms with Gasteiger partial charge in [-0.05, 0) is 37.6 Å². The van der Waals surface area contributed by atoms with Gasteiger partial charge < -0.3 is 5.73 Å². The van der Waals surface area contributed by atoms with E-state index in [9.17, 15) is 0 Å². The van der Waals surface area contributed by atoms with E-state index in [-0.39, 0.29) is 12.4 Å². The molecule has 1 saturated heterocycles. The van der Waals surface area contributed by atoms with Crippen LogP contribution in [-0.2, 0) is 0 Å². The van der Waals surface area contributed by atoms with Crippen molar-refractivity contribution >= 4 is 12.4 Å². The summed E-state index contributed by atoms with van der Waals surface area (Å²) in [6.45, 7) is 5.85. The second-order valence-electron chi connectivity index (χ2n) is 4.85. The van der Waals surface area contributed by atoms with E-state index in [1.807, 2.05) is 0 Å². The minimum Gasteiger partial charge on any atom is -0.329 e. The number of hydrogen-bond donors (Lipinski definition) is 1. The van der Waals surface area contributed by atoms with Gasteiger partial charge in [-0.25, -0.2) is 0 Å². The van der Waals surface area contributed by atoms with Crippen molar-refractivity contribution < 1.29 is 0 Å². The van der Waals surface area contributed by atoms with Gasteiger partial charge in [-0.1, -0.05) is 13.3 Å². The molecule has 2 N–H and O–H groups in total. The largest absolute Gasteiger partial charge is 0.329 e. The second-order valence-corrected chi connectivity index (χ2v) is 4.85. The lowest BCUT2D eigenvalue weighted by Crippen LogP contribution is -2.45. The molecule has 0 aromatic rings. The second kappa shape index (κ2) is 5.34. The first-order chi connectivity index (χ1) is 6.31. The zero-order chi connectivity index (χ0) is 9.26. The molecule has 2 aliphatic rings. The molecular weight excluding hydrogens is 196 g/mol. The highest BCUT2D eigenvalue weighted by Crippen LogP contribution is 2.39. The summed E-state index contributed by atoms with van der Waals surface area (Å²) in [5.41, 5.74) is 5.78. The molecule has 1 aliphatic heterocycles. The van der Waals surface area contributed by atoms with Crippen LogP contribution in [0.4, 0.5) is 0 Å². The SMILES string of the molecule is CC1CC1CN1CCCCC1CN.Cl. The summed E-state index contributed by atoms with van der Waals surface area (Å²) in [5.74, 6) is 1.98. The fraction of sp³-hybridized carbons (Fsp3) is 1.00. The maximum atomic E-state index is 5.78. The predicted octanol–water partition coefficient (Wildman–Crippen LogP) is 1.88. The Morgan fingerprint density at radius 3 is 2.64 bits per heavy atom. The average molecular weight is 219 g/mol. The summed E-state index contributed by atoms with van der Waals surface area (Å²) < 4.78 is 0. The van der Waals surface area contributed by atoms with Gasteiger partial charge in [-0.15, -0.1) is 12.4 Å². The lowest BCUT2D eigenvalue weighted by Gasteiger charge is -2.35. The zero-order valence-corrected chi connectivity index (χ0v) is 9.93. The Bertz CT molecular complexity index is 175. The van der Waals surface area contributed by atoms with Crippen LogP contribution in [0, 0.1) is 11.8 Å². The number of nitrogens with zero attached hydrogens (tertiary/aromatic N) is 1. The third-order valence-electron chi connectivity index (χ3n) is 3.77. The molecule has 3 heteroatoms. The van der Waals surface area contributed by atoms with Crippen LogP contribution in [0.15, 0.2) is 0 Å². The highest BCUT2D eigenvalue weighted by Gasteiger charge is 2.35. The first-order valence-corrected chi connectivity index (χ1v) is 5.75. The van der Waals surface area contributed by atoms with Crippen LogP contribution in [0.5, 0.6) is 0 Å². The van der Waals surface area contributed by atoms with Gasteiger partial charge in [0.2, 0.25) is 0 Å². The standard InChI is InChI=1S/C11H22N2.ClH/c1-9-6-10(9)8-13-5-3-2-4-11(13)7-12;/h9-11H,2-8,12H2,1H3;1H.